The van der Waals surface area contributed by atoms with Crippen LogP contribution < -0.4 is 0 Å². The molecule has 0 aliphatic heterocycles. The van der Waals surface area contributed by atoms with Gasteiger partial charge in [-0.05, 0) is 28.1 Å². The van der Waals surface area contributed by atoms with Crippen LogP contribution in [0.5, 0.6) is 0 Å². The maximum Gasteiger partial charge on any atom is 0.0830 e. The first kappa shape index (κ1) is 18.3. The standard InChI is InChI=1S/C25H27OP/c1-3-4-6-17-23(26-2)22-16-11-15-21-20-14-9-10-18-24(20)27(25(21)22)19-12-7-5-8-13-19/h5,7-16,18,23H,3-4,6,17H2,1-2H3. The van der Waals surface area contributed by atoms with Crippen LogP contribution in [-0.2, 0) is 4.74 Å². The Kier molecular flexibility index (Phi) is 5.62. The van der Waals surface area contributed by atoms with E-state index in [4.69, 9.17) is 4.74 Å². The van der Waals surface area contributed by atoms with Gasteiger partial charge in [0.1, 0.15) is 0 Å². The van der Waals surface area contributed by atoms with Crippen molar-refractivity contribution in [3.05, 3.63) is 78.4 Å². The SMILES string of the molecule is CCCCCC(OC)c1cccc2c3ccccc3p(-c3ccccc3)c12. The predicted molar refractivity (Wildman–Crippen MR) is 119 cm³/mol. The summed E-state index contributed by atoms with van der Waals surface area (Å²) in [6.07, 6.45) is 4.99. The summed E-state index contributed by atoms with van der Waals surface area (Å²) < 4.78 is 6.00. The average Bonchev–Trinajstić information content (AvgIpc) is 3.07. The summed E-state index contributed by atoms with van der Waals surface area (Å²) in [6, 6.07) is 26.7. The molecule has 0 spiro atoms. The smallest absolute Gasteiger partial charge is 0.0830 e. The van der Waals surface area contributed by atoms with Crippen LogP contribution in [0.3, 0.4) is 0 Å². The second kappa shape index (κ2) is 8.30. The lowest BCUT2D eigenvalue weighted by atomic mass is 10.0. The Hall–Kier alpha value is -2.08. The molecule has 1 heterocycles. The van der Waals surface area contributed by atoms with Crippen molar-refractivity contribution < 1.29 is 4.74 Å². The number of rotatable bonds is 7. The number of fused-ring (bicyclic) bond motifs is 3. The highest BCUT2D eigenvalue weighted by Gasteiger charge is 2.20. The van der Waals surface area contributed by atoms with Gasteiger partial charge in [-0.2, -0.15) is 0 Å². The predicted octanol–water partition coefficient (Wildman–Crippen LogP) is 8.24. The molecule has 0 N–H and O–H groups in total. The van der Waals surface area contributed by atoms with E-state index in [1.165, 1.54) is 51.1 Å². The lowest BCUT2D eigenvalue weighted by Crippen LogP contribution is -2.01. The third-order valence-electron chi connectivity index (χ3n) is 5.44. The van der Waals surface area contributed by atoms with E-state index >= 15 is 0 Å². The van der Waals surface area contributed by atoms with Gasteiger partial charge in [0.2, 0.25) is 0 Å². The topological polar surface area (TPSA) is 9.23 Å². The molecule has 4 aromatic rings. The molecule has 2 unspecified atom stereocenters. The van der Waals surface area contributed by atoms with Crippen molar-refractivity contribution in [2.45, 2.75) is 38.7 Å². The quantitative estimate of drug-likeness (QED) is 0.296. The first-order chi connectivity index (χ1) is 13.3. The van der Waals surface area contributed by atoms with Crippen molar-refractivity contribution in [2.75, 3.05) is 7.11 Å². The van der Waals surface area contributed by atoms with Crippen LogP contribution in [0.25, 0.3) is 26.3 Å². The van der Waals surface area contributed by atoms with Gasteiger partial charge in [-0.1, -0.05) is 107 Å². The Balaban J connectivity index is 1.98. The van der Waals surface area contributed by atoms with Crippen LogP contribution in [0, 0.1) is 0 Å². The van der Waals surface area contributed by atoms with Crippen molar-refractivity contribution >= 4 is 28.5 Å². The summed E-state index contributed by atoms with van der Waals surface area (Å²) in [5, 5.41) is 7.20. The summed E-state index contributed by atoms with van der Waals surface area (Å²) in [6.45, 7) is 2.26. The van der Waals surface area contributed by atoms with Gasteiger partial charge in [-0.3, -0.25) is 0 Å². The molecule has 2 atom stereocenters. The molecular weight excluding hydrogens is 347 g/mol. The average molecular weight is 374 g/mol. The maximum absolute atomic E-state index is 6.00. The Morgan fingerprint density at radius 3 is 2.33 bits per heavy atom. The number of ether oxygens (including phenoxy) is 1. The molecule has 1 aromatic heterocycles. The summed E-state index contributed by atoms with van der Waals surface area (Å²) >= 11 is 0. The lowest BCUT2D eigenvalue weighted by Gasteiger charge is -2.18. The van der Waals surface area contributed by atoms with Crippen molar-refractivity contribution in [3.63, 3.8) is 0 Å². The third kappa shape index (κ3) is 3.43. The zero-order valence-electron chi connectivity index (χ0n) is 16.2. The van der Waals surface area contributed by atoms with Crippen molar-refractivity contribution in [1.82, 2.24) is 0 Å². The molecule has 4 rings (SSSR count). The number of benzene rings is 3. The molecule has 3 aromatic carbocycles. The molecule has 0 amide bonds. The van der Waals surface area contributed by atoms with E-state index in [2.05, 4.69) is 79.7 Å². The molecule has 0 radical (unpaired) electrons. The van der Waals surface area contributed by atoms with Gasteiger partial charge in [0.25, 0.3) is 0 Å². The summed E-state index contributed by atoms with van der Waals surface area (Å²) in [5.74, 6) is 0. The molecule has 138 valence electrons. The Morgan fingerprint density at radius 2 is 1.56 bits per heavy atom. The molecule has 0 aliphatic rings. The fraction of sp³-hybridized carbons (Fsp3) is 0.280. The molecular formula is C25H27OP. The van der Waals surface area contributed by atoms with Crippen LogP contribution in [-0.4, -0.2) is 7.11 Å². The van der Waals surface area contributed by atoms with Crippen molar-refractivity contribution in [3.8, 4) is 5.30 Å². The van der Waals surface area contributed by atoms with Gasteiger partial charge in [-0.15, -0.1) is 0 Å². The Bertz CT molecular complexity index is 1030. The summed E-state index contributed by atoms with van der Waals surface area (Å²) in [4.78, 5) is 0. The Labute approximate surface area is 163 Å². The van der Waals surface area contributed by atoms with Crippen LogP contribution in [0.15, 0.2) is 72.8 Å². The van der Waals surface area contributed by atoms with Crippen LogP contribution in [0.4, 0.5) is 0 Å². The van der Waals surface area contributed by atoms with E-state index in [9.17, 15) is 0 Å². The third-order valence-corrected chi connectivity index (χ3v) is 8.07. The highest BCUT2D eigenvalue weighted by atomic mass is 31.1. The van der Waals surface area contributed by atoms with Crippen LogP contribution >= 0.6 is 7.53 Å². The fourth-order valence-electron chi connectivity index (χ4n) is 4.13. The number of hydrogen-bond donors (Lipinski definition) is 0. The molecule has 0 fully saturated rings. The van der Waals surface area contributed by atoms with Crippen LogP contribution in [0.1, 0.15) is 44.3 Å². The van der Waals surface area contributed by atoms with E-state index in [1.54, 1.807) is 0 Å². The highest BCUT2D eigenvalue weighted by molar-refractivity contribution is 7.68. The molecule has 0 saturated carbocycles. The molecule has 0 bridgehead atoms. The molecule has 2 heteroatoms. The number of unbranched alkanes of at least 4 members (excludes halogenated alkanes) is 2. The van der Waals surface area contributed by atoms with Crippen LogP contribution in [0.2, 0.25) is 0 Å². The van der Waals surface area contributed by atoms with Gasteiger partial charge in [0.15, 0.2) is 0 Å². The normalized spacial score (nSPS) is 13.3. The zero-order chi connectivity index (χ0) is 18.6. The van der Waals surface area contributed by atoms with E-state index in [0.29, 0.717) is 0 Å². The minimum atomic E-state index is -0.529. The zero-order valence-corrected chi connectivity index (χ0v) is 17.1. The first-order valence-electron chi connectivity index (χ1n) is 9.95. The molecule has 0 saturated heterocycles. The van der Waals surface area contributed by atoms with E-state index < -0.39 is 7.53 Å². The Morgan fingerprint density at radius 1 is 0.815 bits per heavy atom. The van der Waals surface area contributed by atoms with Gasteiger partial charge in [-0.25, -0.2) is 0 Å². The lowest BCUT2D eigenvalue weighted by molar-refractivity contribution is 0.0945. The molecule has 0 aliphatic carbocycles. The van der Waals surface area contributed by atoms with Crippen molar-refractivity contribution in [1.29, 1.82) is 0 Å². The fourth-order valence-corrected chi connectivity index (χ4v) is 6.96. The second-order valence-corrected chi connectivity index (χ2v) is 9.27. The van der Waals surface area contributed by atoms with E-state index in [0.717, 1.165) is 6.42 Å². The minimum absolute atomic E-state index is 0.175. The van der Waals surface area contributed by atoms with Gasteiger partial charge in [0.05, 0.1) is 6.10 Å². The van der Waals surface area contributed by atoms with E-state index in [1.807, 2.05) is 7.11 Å². The number of hydrogen-bond acceptors (Lipinski definition) is 1. The van der Waals surface area contributed by atoms with E-state index in [-0.39, 0.29) is 6.10 Å². The van der Waals surface area contributed by atoms with Gasteiger partial charge >= 0.3 is 0 Å². The maximum atomic E-state index is 6.00. The molecule has 27 heavy (non-hydrogen) atoms. The minimum Gasteiger partial charge on any atom is -0.377 e. The molecule has 1 nitrogen and oxygen atoms in total. The van der Waals surface area contributed by atoms with Gasteiger partial charge in [0, 0.05) is 17.3 Å². The number of methoxy groups -OCH3 is 1. The summed E-state index contributed by atoms with van der Waals surface area (Å²) in [7, 11) is 1.33. The van der Waals surface area contributed by atoms with Gasteiger partial charge < -0.3 is 4.74 Å². The van der Waals surface area contributed by atoms with Crippen molar-refractivity contribution in [2.24, 2.45) is 0 Å². The first-order valence-corrected chi connectivity index (χ1v) is 11.3. The largest absolute Gasteiger partial charge is 0.377 e. The highest BCUT2D eigenvalue weighted by Crippen LogP contribution is 2.57. The second-order valence-electron chi connectivity index (χ2n) is 7.15. The monoisotopic (exact) mass is 374 g/mol. The summed E-state index contributed by atoms with van der Waals surface area (Å²) in [5.41, 5.74) is 1.39.